The summed E-state index contributed by atoms with van der Waals surface area (Å²) in [4.78, 5) is 15.3. The molecule has 0 saturated heterocycles. The van der Waals surface area contributed by atoms with Crippen molar-refractivity contribution >= 4 is 12.1 Å². The van der Waals surface area contributed by atoms with Crippen molar-refractivity contribution in [2.45, 2.75) is 38.5 Å². The van der Waals surface area contributed by atoms with Crippen LogP contribution in [0.5, 0.6) is 0 Å². The van der Waals surface area contributed by atoms with Gasteiger partial charge in [-0.05, 0) is 41.0 Å². The lowest BCUT2D eigenvalue weighted by Crippen LogP contribution is -2.11. The maximum atomic E-state index is 10.8. The molecule has 1 aliphatic rings. The van der Waals surface area contributed by atoms with Gasteiger partial charge >= 0.3 is 0 Å². The van der Waals surface area contributed by atoms with Crippen LogP contribution in [0, 0.1) is 0 Å². The van der Waals surface area contributed by atoms with Crippen molar-refractivity contribution < 1.29 is 4.79 Å². The smallest absolute Gasteiger partial charge is 0.211 e. The van der Waals surface area contributed by atoms with Gasteiger partial charge in [0.1, 0.15) is 0 Å². The van der Waals surface area contributed by atoms with Crippen molar-refractivity contribution in [3.63, 3.8) is 0 Å². The fourth-order valence-electron chi connectivity index (χ4n) is 3.67. The molecule has 1 unspecified atom stereocenters. The van der Waals surface area contributed by atoms with Crippen LogP contribution in [0.25, 0.3) is 11.3 Å². The fourth-order valence-corrected chi connectivity index (χ4v) is 3.67. The van der Waals surface area contributed by atoms with Gasteiger partial charge in [-0.2, -0.15) is 0 Å². The summed E-state index contributed by atoms with van der Waals surface area (Å²) in [5.74, 6) is 0.497. The van der Waals surface area contributed by atoms with E-state index in [0.717, 1.165) is 23.4 Å². The highest BCUT2D eigenvalue weighted by molar-refractivity contribution is 5.84. The van der Waals surface area contributed by atoms with Gasteiger partial charge in [-0.15, -0.1) is 0 Å². The van der Waals surface area contributed by atoms with Gasteiger partial charge in [-0.3, -0.25) is 9.78 Å². The number of aromatic nitrogens is 1. The van der Waals surface area contributed by atoms with Crippen LogP contribution in [0.3, 0.4) is 0 Å². The van der Waals surface area contributed by atoms with E-state index in [4.69, 9.17) is 0 Å². The highest BCUT2D eigenvalue weighted by atomic mass is 16.1. The Morgan fingerprint density at radius 3 is 2.86 bits per heavy atom. The summed E-state index contributed by atoms with van der Waals surface area (Å²) >= 11 is 0. The van der Waals surface area contributed by atoms with E-state index in [0.29, 0.717) is 12.3 Å². The van der Waals surface area contributed by atoms with E-state index in [9.17, 15) is 4.79 Å². The number of hydrogen-bond donors (Lipinski definition) is 1. The standard InChI is InChI=1S/C18H20N2O/c1-12-10-18(2,3)14-7-4-6-13(16(12)14)17-15(20-11-21)8-5-9-19-17/h4-9,11-12H,10H2,1-3H3,(H,20,21). The van der Waals surface area contributed by atoms with Crippen LogP contribution in [-0.4, -0.2) is 11.4 Å². The van der Waals surface area contributed by atoms with Gasteiger partial charge in [0, 0.05) is 11.8 Å². The van der Waals surface area contributed by atoms with Crippen LogP contribution in [-0.2, 0) is 10.2 Å². The Balaban J connectivity index is 2.22. The Morgan fingerprint density at radius 1 is 1.29 bits per heavy atom. The van der Waals surface area contributed by atoms with E-state index in [-0.39, 0.29) is 5.41 Å². The van der Waals surface area contributed by atoms with E-state index in [2.05, 4.69) is 49.3 Å². The average Bonchev–Trinajstić information content (AvgIpc) is 2.70. The van der Waals surface area contributed by atoms with Crippen molar-refractivity contribution in [3.05, 3.63) is 47.7 Å². The average molecular weight is 280 g/mol. The van der Waals surface area contributed by atoms with Crippen LogP contribution in [0.2, 0.25) is 0 Å². The van der Waals surface area contributed by atoms with E-state index in [1.807, 2.05) is 12.1 Å². The molecule has 1 aromatic carbocycles. The predicted molar refractivity (Wildman–Crippen MR) is 85.4 cm³/mol. The van der Waals surface area contributed by atoms with Crippen LogP contribution in [0.1, 0.15) is 44.2 Å². The highest BCUT2D eigenvalue weighted by Crippen LogP contribution is 2.49. The molecule has 3 rings (SSSR count). The van der Waals surface area contributed by atoms with Gasteiger partial charge in [0.15, 0.2) is 0 Å². The van der Waals surface area contributed by atoms with Gasteiger partial charge < -0.3 is 5.32 Å². The summed E-state index contributed by atoms with van der Waals surface area (Å²) in [7, 11) is 0. The Hall–Kier alpha value is -2.16. The van der Waals surface area contributed by atoms with E-state index < -0.39 is 0 Å². The number of carbonyl (C=O) groups excluding carboxylic acids is 1. The Morgan fingerprint density at radius 2 is 2.10 bits per heavy atom. The van der Waals surface area contributed by atoms with Gasteiger partial charge in [-0.25, -0.2) is 0 Å². The molecule has 2 aromatic rings. The van der Waals surface area contributed by atoms with Gasteiger partial charge in [-0.1, -0.05) is 39.0 Å². The Bertz CT molecular complexity index is 691. The van der Waals surface area contributed by atoms with Crippen LogP contribution in [0.15, 0.2) is 36.5 Å². The number of fused-ring (bicyclic) bond motifs is 1. The molecule has 1 atom stereocenters. The minimum Gasteiger partial charge on any atom is -0.327 e. The molecule has 1 heterocycles. The molecule has 0 spiro atoms. The van der Waals surface area contributed by atoms with E-state index in [1.54, 1.807) is 6.20 Å². The first kappa shape index (κ1) is 13.8. The minimum absolute atomic E-state index is 0.192. The second-order valence-corrected chi connectivity index (χ2v) is 6.42. The third kappa shape index (κ3) is 2.23. The number of amides is 1. The SMILES string of the molecule is CC1CC(C)(C)c2cccc(-c3ncccc3NC=O)c21. The third-order valence-electron chi connectivity index (χ3n) is 4.42. The lowest BCUT2D eigenvalue weighted by molar-refractivity contribution is -0.105. The minimum atomic E-state index is 0.192. The summed E-state index contributed by atoms with van der Waals surface area (Å²) < 4.78 is 0. The number of hydrogen-bond acceptors (Lipinski definition) is 2. The summed E-state index contributed by atoms with van der Waals surface area (Å²) in [5, 5.41) is 2.76. The molecule has 1 aliphatic carbocycles. The zero-order chi connectivity index (χ0) is 15.0. The summed E-state index contributed by atoms with van der Waals surface area (Å²) in [6, 6.07) is 10.1. The highest BCUT2D eigenvalue weighted by Gasteiger charge is 2.36. The number of pyridine rings is 1. The second-order valence-electron chi connectivity index (χ2n) is 6.42. The van der Waals surface area contributed by atoms with Gasteiger partial charge in [0.25, 0.3) is 0 Å². The number of benzene rings is 1. The van der Waals surface area contributed by atoms with Crippen LogP contribution < -0.4 is 5.32 Å². The lowest BCUT2D eigenvalue weighted by Gasteiger charge is -2.19. The zero-order valence-corrected chi connectivity index (χ0v) is 12.7. The monoisotopic (exact) mass is 280 g/mol. The molecule has 0 bridgehead atoms. The van der Waals surface area contributed by atoms with Crippen molar-refractivity contribution in [1.82, 2.24) is 4.98 Å². The number of nitrogens with one attached hydrogen (secondary N) is 1. The molecule has 0 aliphatic heterocycles. The fraction of sp³-hybridized carbons (Fsp3) is 0.333. The largest absolute Gasteiger partial charge is 0.327 e. The van der Waals surface area contributed by atoms with Gasteiger partial charge in [0.05, 0.1) is 11.4 Å². The first-order valence-corrected chi connectivity index (χ1v) is 7.33. The van der Waals surface area contributed by atoms with E-state index >= 15 is 0 Å². The van der Waals surface area contributed by atoms with Crippen LogP contribution >= 0.6 is 0 Å². The maximum absolute atomic E-state index is 10.8. The van der Waals surface area contributed by atoms with Crippen molar-refractivity contribution in [2.75, 3.05) is 5.32 Å². The molecule has 0 fully saturated rings. The van der Waals surface area contributed by atoms with Gasteiger partial charge in [0.2, 0.25) is 6.41 Å². The Kier molecular flexibility index (Phi) is 3.28. The quantitative estimate of drug-likeness (QED) is 0.860. The molecule has 1 aromatic heterocycles. The molecule has 21 heavy (non-hydrogen) atoms. The van der Waals surface area contributed by atoms with Crippen LogP contribution in [0.4, 0.5) is 5.69 Å². The van der Waals surface area contributed by atoms with Crippen molar-refractivity contribution in [1.29, 1.82) is 0 Å². The number of carbonyl (C=O) groups is 1. The molecule has 0 radical (unpaired) electrons. The molecule has 108 valence electrons. The molecular formula is C18H20N2O. The molecule has 0 saturated carbocycles. The maximum Gasteiger partial charge on any atom is 0.211 e. The molecule has 3 nitrogen and oxygen atoms in total. The molecular weight excluding hydrogens is 260 g/mol. The van der Waals surface area contributed by atoms with E-state index in [1.165, 1.54) is 11.1 Å². The second kappa shape index (κ2) is 4.99. The molecule has 1 amide bonds. The Labute approximate surface area is 125 Å². The number of anilines is 1. The molecule has 1 N–H and O–H groups in total. The zero-order valence-electron chi connectivity index (χ0n) is 12.7. The molecule has 3 heteroatoms. The first-order chi connectivity index (χ1) is 10.0. The number of nitrogens with zero attached hydrogens (tertiary/aromatic N) is 1. The summed E-state index contributed by atoms with van der Waals surface area (Å²) in [6.45, 7) is 6.86. The van der Waals surface area contributed by atoms with Crippen molar-refractivity contribution in [3.8, 4) is 11.3 Å². The third-order valence-corrected chi connectivity index (χ3v) is 4.42. The predicted octanol–water partition coefficient (Wildman–Crippen LogP) is 4.10. The summed E-state index contributed by atoms with van der Waals surface area (Å²) in [6.07, 6.45) is 3.62. The summed E-state index contributed by atoms with van der Waals surface area (Å²) in [5.41, 5.74) is 5.71. The normalized spacial score (nSPS) is 19.1. The topological polar surface area (TPSA) is 42.0 Å². The number of rotatable bonds is 3. The lowest BCUT2D eigenvalue weighted by atomic mass is 9.85. The van der Waals surface area contributed by atoms with Crippen molar-refractivity contribution in [2.24, 2.45) is 0 Å². The first-order valence-electron chi connectivity index (χ1n) is 7.33.